The van der Waals surface area contributed by atoms with E-state index >= 15 is 0 Å². The van der Waals surface area contributed by atoms with Crippen molar-refractivity contribution in [1.82, 2.24) is 9.38 Å². The van der Waals surface area contributed by atoms with Crippen molar-refractivity contribution in [3.05, 3.63) is 83.3 Å². The van der Waals surface area contributed by atoms with Crippen LogP contribution in [0.1, 0.15) is 34.5 Å². The predicted octanol–water partition coefficient (Wildman–Crippen LogP) is 6.03. The molecule has 1 radical (unpaired) electrons. The standard InChI is InChI=1S/C24H19N2.Ir/c1-15-11-12-21-20(13-15)18-9-4-5-10-19(18)24-25-14-22(26(21)24)23-16(2)7-6-8-17(23)3;/h4-9,11-14H,1-3H3;/q-1;/i2D3,4D,5D,6D,7D,8D,9D,11D,12D,13D,14D;. The molecule has 0 aliphatic heterocycles. The van der Waals surface area contributed by atoms with Gasteiger partial charge in [-0.2, -0.15) is 0 Å². The maximum absolute atomic E-state index is 8.82. The number of hydrogen-bond donors (Lipinski definition) is 0. The van der Waals surface area contributed by atoms with Crippen LogP contribution in [-0.2, 0) is 20.1 Å². The van der Waals surface area contributed by atoms with Crippen LogP contribution in [0.5, 0.6) is 0 Å². The van der Waals surface area contributed by atoms with Crippen LogP contribution in [0.25, 0.3) is 38.6 Å². The van der Waals surface area contributed by atoms with Crippen molar-refractivity contribution < 1.29 is 37.9 Å². The summed E-state index contributed by atoms with van der Waals surface area (Å²) in [6.07, 6.45) is -0.520. The molecular weight excluding hydrogens is 508 g/mol. The molecule has 5 aromatic rings. The molecule has 0 atom stereocenters. The molecule has 3 aromatic carbocycles. The molecule has 2 aromatic heterocycles. The predicted molar refractivity (Wildman–Crippen MR) is 109 cm³/mol. The van der Waals surface area contributed by atoms with Gasteiger partial charge in [-0.3, -0.25) is 4.98 Å². The van der Waals surface area contributed by atoms with E-state index in [1.165, 1.54) is 18.2 Å². The SMILES string of the molecule is [2H]c1[c-]c2c(c([2H])c1[2H])c1c([2H])c(C)c([2H])c([2H])c1n1c(-c3c(C)c([2H])c([2H])c([2H])c3C([2H])([2H])[2H])c([2H])nc21.[Ir]. The van der Waals surface area contributed by atoms with Gasteiger partial charge in [-0.1, -0.05) is 41.2 Å². The van der Waals surface area contributed by atoms with Gasteiger partial charge in [0, 0.05) is 44.2 Å². The van der Waals surface area contributed by atoms with Gasteiger partial charge in [0.1, 0.15) is 0 Å². The monoisotopic (exact) mass is 541 g/mol. The van der Waals surface area contributed by atoms with Gasteiger partial charge in [0.2, 0.25) is 0 Å². The number of aromatic nitrogens is 2. The van der Waals surface area contributed by atoms with Crippen LogP contribution in [0.2, 0.25) is 0 Å². The number of imidazole rings is 1. The molecule has 0 fully saturated rings. The molecule has 0 unspecified atom stereocenters. The van der Waals surface area contributed by atoms with Crippen LogP contribution < -0.4 is 0 Å². The van der Waals surface area contributed by atoms with Crippen LogP contribution >= 0.6 is 0 Å². The molecule has 0 spiro atoms. The molecule has 3 heteroatoms. The number of hydrogen-bond acceptors (Lipinski definition) is 1. The Kier molecular flexibility index (Phi) is 2.02. The Morgan fingerprint density at radius 3 is 2.74 bits per heavy atom. The summed E-state index contributed by atoms with van der Waals surface area (Å²) in [5, 5.41) is -0.0688. The largest absolute Gasteiger partial charge is 0.333 e. The minimum atomic E-state index is -2.94. The number of pyridine rings is 1. The molecule has 0 saturated carbocycles. The Bertz CT molecular complexity index is 1930. The van der Waals surface area contributed by atoms with Crippen LogP contribution in [0.15, 0.2) is 60.6 Å². The first-order chi connectivity index (χ1) is 18.0. The number of benzene rings is 3. The number of rotatable bonds is 1. The Balaban J connectivity index is 0.00000370. The summed E-state index contributed by atoms with van der Waals surface area (Å²) in [5.74, 6) is 0. The van der Waals surface area contributed by atoms with E-state index in [0.717, 1.165) is 0 Å². The van der Waals surface area contributed by atoms with Gasteiger partial charge in [-0.25, -0.2) is 0 Å². The maximum atomic E-state index is 8.82. The van der Waals surface area contributed by atoms with Crippen molar-refractivity contribution >= 4 is 27.3 Å². The maximum Gasteiger partial charge on any atom is 0.0853 e. The van der Waals surface area contributed by atoms with Gasteiger partial charge >= 0.3 is 0 Å². The van der Waals surface area contributed by atoms with Crippen LogP contribution in [-0.4, -0.2) is 9.38 Å². The first-order valence-electron chi connectivity index (χ1n) is 14.4. The van der Waals surface area contributed by atoms with E-state index in [2.05, 4.69) is 11.1 Å². The third kappa shape index (κ3) is 2.62. The molecule has 0 aliphatic rings. The molecule has 2 nitrogen and oxygen atoms in total. The van der Waals surface area contributed by atoms with Gasteiger partial charge in [-0.15, -0.1) is 29.6 Å². The first kappa shape index (κ1) is 8.26. The molecule has 0 N–H and O–H groups in total. The zero-order valence-electron chi connectivity index (χ0n) is 27.2. The topological polar surface area (TPSA) is 17.3 Å². The molecular formula is C24H19IrN2-. The van der Waals surface area contributed by atoms with Crippen molar-refractivity contribution in [3.8, 4) is 11.3 Å². The molecule has 0 saturated heterocycles. The average Bonchev–Trinajstić information content (AvgIpc) is 3.20. The minimum Gasteiger partial charge on any atom is -0.333 e. The summed E-state index contributed by atoms with van der Waals surface area (Å²) >= 11 is 0. The van der Waals surface area contributed by atoms with E-state index in [-0.39, 0.29) is 81.9 Å². The van der Waals surface area contributed by atoms with Crippen LogP contribution in [0.4, 0.5) is 0 Å². The normalized spacial score (nSPS) is 18.5. The quantitative estimate of drug-likeness (QED) is 0.187. The van der Waals surface area contributed by atoms with E-state index in [4.69, 9.17) is 17.8 Å². The van der Waals surface area contributed by atoms with Crippen molar-refractivity contribution in [2.45, 2.75) is 20.7 Å². The third-order valence-corrected chi connectivity index (χ3v) is 4.30. The molecule has 0 bridgehead atoms. The summed E-state index contributed by atoms with van der Waals surface area (Å²) in [6, 6.07) is -1.40. The van der Waals surface area contributed by atoms with E-state index < -0.39 is 60.9 Å². The Morgan fingerprint density at radius 2 is 1.89 bits per heavy atom. The summed E-state index contributed by atoms with van der Waals surface area (Å²) in [4.78, 5) is 4.26. The Morgan fingerprint density at radius 1 is 1.04 bits per heavy atom. The van der Waals surface area contributed by atoms with Crippen LogP contribution in [0, 0.1) is 26.8 Å². The van der Waals surface area contributed by atoms with Gasteiger partial charge in [0.15, 0.2) is 0 Å². The summed E-state index contributed by atoms with van der Waals surface area (Å²) in [5.41, 5.74) is -1.24. The number of nitrogens with zero attached hydrogens (tertiary/aromatic N) is 2. The van der Waals surface area contributed by atoms with Crippen molar-refractivity contribution in [2.24, 2.45) is 0 Å². The second kappa shape index (κ2) is 6.60. The summed E-state index contributed by atoms with van der Waals surface area (Å²) in [6.45, 7) is -0.105. The summed E-state index contributed by atoms with van der Waals surface area (Å²) in [7, 11) is 0. The molecule has 27 heavy (non-hydrogen) atoms. The van der Waals surface area contributed by atoms with Crippen LogP contribution in [0.3, 0.4) is 0 Å². The Hall–Kier alpha value is -2.48. The second-order valence-electron chi connectivity index (χ2n) is 5.95. The summed E-state index contributed by atoms with van der Waals surface area (Å²) < 4.78 is 110. The smallest absolute Gasteiger partial charge is 0.0853 e. The van der Waals surface area contributed by atoms with E-state index in [1.807, 2.05) is 0 Å². The molecule has 5 rings (SSSR count). The average molecular weight is 541 g/mol. The van der Waals surface area contributed by atoms with Gasteiger partial charge in [-0.05, 0) is 44.6 Å². The molecule has 2 heterocycles. The van der Waals surface area contributed by atoms with E-state index in [1.54, 1.807) is 0 Å². The van der Waals surface area contributed by atoms with E-state index in [9.17, 15) is 0 Å². The van der Waals surface area contributed by atoms with Crippen molar-refractivity contribution in [3.63, 3.8) is 0 Å². The fourth-order valence-corrected chi connectivity index (χ4v) is 3.17. The van der Waals surface area contributed by atoms with Crippen molar-refractivity contribution in [1.29, 1.82) is 0 Å². The zero-order chi connectivity index (χ0) is 29.0. The van der Waals surface area contributed by atoms with Gasteiger partial charge in [0.25, 0.3) is 0 Å². The second-order valence-corrected chi connectivity index (χ2v) is 5.95. The first-order valence-corrected chi connectivity index (χ1v) is 7.87. The van der Waals surface area contributed by atoms with Gasteiger partial charge in [0.05, 0.1) is 20.9 Å². The molecule has 0 aliphatic carbocycles. The minimum absolute atomic E-state index is 0. The number of fused-ring (bicyclic) bond motifs is 6. The Labute approximate surface area is 190 Å². The fourth-order valence-electron chi connectivity index (χ4n) is 3.17. The van der Waals surface area contributed by atoms with E-state index in [0.29, 0.717) is 0 Å². The van der Waals surface area contributed by atoms with Crippen molar-refractivity contribution in [2.75, 3.05) is 0 Å². The fraction of sp³-hybridized carbons (Fsp3) is 0.125. The molecule has 135 valence electrons. The third-order valence-electron chi connectivity index (χ3n) is 4.30. The molecule has 0 amide bonds. The van der Waals surface area contributed by atoms with Gasteiger partial charge < -0.3 is 4.40 Å². The zero-order valence-corrected chi connectivity index (χ0v) is 16.6.